The maximum absolute atomic E-state index is 11.8. The average Bonchev–Trinajstić information content (AvgIpc) is 2.39. The molecular weight excluding hydrogens is 228 g/mol. The van der Waals surface area contributed by atoms with Crippen LogP contribution in [0, 0.1) is 0 Å². The van der Waals surface area contributed by atoms with Crippen LogP contribution < -0.4 is 21.9 Å². The monoisotopic (exact) mass is 248 g/mol. The van der Waals surface area contributed by atoms with Crippen LogP contribution in [0.1, 0.15) is 30.6 Å². The van der Waals surface area contributed by atoms with Gasteiger partial charge in [-0.3, -0.25) is 9.80 Å². The molecule has 1 unspecified atom stereocenters. The molecule has 1 amide bonds. The Balaban J connectivity index is 2.73. The van der Waals surface area contributed by atoms with Crippen LogP contribution in [-0.2, 0) is 0 Å². The van der Waals surface area contributed by atoms with Gasteiger partial charge >= 0.3 is 0 Å². The highest BCUT2D eigenvalue weighted by Crippen LogP contribution is 2.12. The number of anilines is 1. The first kappa shape index (κ1) is 14.1. The quantitative estimate of drug-likeness (QED) is 0.542. The fraction of sp³-hybridized carbons (Fsp3) is 0.308. The lowest BCUT2D eigenvalue weighted by molar-refractivity contribution is 0.0939. The summed E-state index contributed by atoms with van der Waals surface area (Å²) < 4.78 is 0. The van der Waals surface area contributed by atoms with E-state index in [0.717, 1.165) is 12.1 Å². The van der Waals surface area contributed by atoms with E-state index in [1.54, 1.807) is 24.3 Å². The normalized spacial score (nSPS) is 12.4. The molecule has 0 aliphatic heterocycles. The standard InChI is InChI=1S/C13H20N4O/c1-3-10(2)16-13(18)11-4-6-12(7-5-11)17(15)9-8-14/h4-10H,3,14-15H2,1-2H3,(H,16,18)/b9-8-. The molecule has 0 saturated carbocycles. The second-order valence-corrected chi connectivity index (χ2v) is 4.08. The molecule has 0 radical (unpaired) electrons. The third-order valence-corrected chi connectivity index (χ3v) is 2.66. The van der Waals surface area contributed by atoms with Crippen LogP contribution in [0.25, 0.3) is 0 Å². The molecule has 5 heteroatoms. The van der Waals surface area contributed by atoms with E-state index in [4.69, 9.17) is 11.6 Å². The minimum atomic E-state index is -0.0751. The molecule has 0 aliphatic rings. The lowest BCUT2D eigenvalue weighted by Gasteiger charge is -2.14. The summed E-state index contributed by atoms with van der Waals surface area (Å²) in [5.41, 5.74) is 6.62. The summed E-state index contributed by atoms with van der Waals surface area (Å²) in [6, 6.07) is 7.18. The van der Waals surface area contributed by atoms with Crippen molar-refractivity contribution < 1.29 is 4.79 Å². The summed E-state index contributed by atoms with van der Waals surface area (Å²) in [5, 5.41) is 4.29. The zero-order valence-electron chi connectivity index (χ0n) is 10.8. The molecule has 1 aromatic carbocycles. The molecule has 0 aliphatic carbocycles. The van der Waals surface area contributed by atoms with Gasteiger partial charge in [0.15, 0.2) is 0 Å². The van der Waals surface area contributed by atoms with E-state index in [-0.39, 0.29) is 11.9 Å². The van der Waals surface area contributed by atoms with Gasteiger partial charge in [-0.15, -0.1) is 0 Å². The number of amides is 1. The van der Waals surface area contributed by atoms with Crippen molar-refractivity contribution in [2.75, 3.05) is 5.01 Å². The lowest BCUT2D eigenvalue weighted by atomic mass is 10.1. The van der Waals surface area contributed by atoms with Crippen LogP contribution in [0.4, 0.5) is 5.69 Å². The molecule has 0 spiro atoms. The van der Waals surface area contributed by atoms with Gasteiger partial charge in [-0.25, -0.2) is 5.84 Å². The number of nitrogens with two attached hydrogens (primary N) is 2. The number of hydrogen-bond acceptors (Lipinski definition) is 4. The predicted octanol–water partition coefficient (Wildman–Crippen LogP) is 1.32. The first-order chi connectivity index (χ1) is 8.58. The van der Waals surface area contributed by atoms with Gasteiger partial charge in [0.1, 0.15) is 0 Å². The third kappa shape index (κ3) is 3.78. The van der Waals surface area contributed by atoms with Crippen molar-refractivity contribution in [3.8, 4) is 0 Å². The van der Waals surface area contributed by atoms with E-state index < -0.39 is 0 Å². The minimum Gasteiger partial charge on any atom is -0.403 e. The molecule has 18 heavy (non-hydrogen) atoms. The van der Waals surface area contributed by atoms with Gasteiger partial charge in [0.2, 0.25) is 0 Å². The summed E-state index contributed by atoms with van der Waals surface area (Å²) in [7, 11) is 0. The average molecular weight is 248 g/mol. The van der Waals surface area contributed by atoms with Crippen LogP contribution in [-0.4, -0.2) is 11.9 Å². The molecule has 5 N–H and O–H groups in total. The van der Waals surface area contributed by atoms with Crippen LogP contribution >= 0.6 is 0 Å². The van der Waals surface area contributed by atoms with Gasteiger partial charge in [0, 0.05) is 24.0 Å². The number of carbonyl (C=O) groups excluding carboxylic acids is 1. The Morgan fingerprint density at radius 3 is 2.56 bits per heavy atom. The molecule has 0 aromatic heterocycles. The second-order valence-electron chi connectivity index (χ2n) is 4.08. The fourth-order valence-corrected chi connectivity index (χ4v) is 1.37. The smallest absolute Gasteiger partial charge is 0.251 e. The zero-order chi connectivity index (χ0) is 13.5. The van der Waals surface area contributed by atoms with Crippen molar-refractivity contribution in [1.82, 2.24) is 5.32 Å². The lowest BCUT2D eigenvalue weighted by Crippen LogP contribution is -2.32. The fourth-order valence-electron chi connectivity index (χ4n) is 1.37. The zero-order valence-corrected chi connectivity index (χ0v) is 10.8. The van der Waals surface area contributed by atoms with Gasteiger partial charge in [-0.05, 0) is 37.6 Å². The van der Waals surface area contributed by atoms with Gasteiger partial charge in [0.05, 0.1) is 5.69 Å². The number of nitrogens with one attached hydrogen (secondary N) is 1. The van der Waals surface area contributed by atoms with Crippen LogP contribution in [0.5, 0.6) is 0 Å². The molecular formula is C13H20N4O. The Bertz CT molecular complexity index is 414. The van der Waals surface area contributed by atoms with Gasteiger partial charge in [-0.2, -0.15) is 0 Å². The summed E-state index contributed by atoms with van der Waals surface area (Å²) >= 11 is 0. The largest absolute Gasteiger partial charge is 0.403 e. The number of hydrogen-bond donors (Lipinski definition) is 3. The second kappa shape index (κ2) is 6.66. The van der Waals surface area contributed by atoms with Gasteiger partial charge in [-0.1, -0.05) is 6.92 Å². The van der Waals surface area contributed by atoms with E-state index >= 15 is 0 Å². The van der Waals surface area contributed by atoms with Crippen LogP contribution in [0.2, 0.25) is 0 Å². The Kier molecular flexibility index (Phi) is 5.20. The van der Waals surface area contributed by atoms with E-state index in [1.165, 1.54) is 17.4 Å². The van der Waals surface area contributed by atoms with Crippen molar-refractivity contribution in [3.63, 3.8) is 0 Å². The topological polar surface area (TPSA) is 84.4 Å². The SMILES string of the molecule is CCC(C)NC(=O)c1ccc(N(N)/C=C\N)cc1. The van der Waals surface area contributed by atoms with E-state index in [9.17, 15) is 4.79 Å². The van der Waals surface area contributed by atoms with Crippen LogP contribution in [0.3, 0.4) is 0 Å². The van der Waals surface area contributed by atoms with Gasteiger partial charge < -0.3 is 11.1 Å². The Hall–Kier alpha value is -2.01. The highest BCUT2D eigenvalue weighted by atomic mass is 16.1. The number of nitrogens with zero attached hydrogens (tertiary/aromatic N) is 1. The molecule has 0 heterocycles. The molecule has 1 aromatic rings. The molecule has 0 bridgehead atoms. The third-order valence-electron chi connectivity index (χ3n) is 2.66. The summed E-state index contributed by atoms with van der Waals surface area (Å²) in [6.45, 7) is 4.00. The maximum atomic E-state index is 11.8. The van der Waals surface area contributed by atoms with Gasteiger partial charge in [0.25, 0.3) is 5.91 Å². The first-order valence-electron chi connectivity index (χ1n) is 5.91. The molecule has 0 saturated heterocycles. The van der Waals surface area contributed by atoms with E-state index in [1.807, 2.05) is 13.8 Å². The molecule has 1 rings (SSSR count). The Labute approximate surface area is 107 Å². The number of benzene rings is 1. The molecule has 1 atom stereocenters. The highest BCUT2D eigenvalue weighted by Gasteiger charge is 2.08. The number of hydrazine groups is 1. The summed E-state index contributed by atoms with van der Waals surface area (Å²) in [4.78, 5) is 11.8. The summed E-state index contributed by atoms with van der Waals surface area (Å²) in [5.74, 6) is 5.62. The van der Waals surface area contributed by atoms with Crippen LogP contribution in [0.15, 0.2) is 36.7 Å². The summed E-state index contributed by atoms with van der Waals surface area (Å²) in [6.07, 6.45) is 3.79. The molecule has 0 fully saturated rings. The molecule has 5 nitrogen and oxygen atoms in total. The number of carbonyl (C=O) groups is 1. The maximum Gasteiger partial charge on any atom is 0.251 e. The van der Waals surface area contributed by atoms with Crippen molar-refractivity contribution in [1.29, 1.82) is 0 Å². The van der Waals surface area contributed by atoms with Crippen molar-refractivity contribution >= 4 is 11.6 Å². The van der Waals surface area contributed by atoms with Crippen molar-refractivity contribution in [2.45, 2.75) is 26.3 Å². The van der Waals surface area contributed by atoms with Crippen molar-refractivity contribution in [3.05, 3.63) is 42.2 Å². The Morgan fingerprint density at radius 2 is 2.06 bits per heavy atom. The first-order valence-corrected chi connectivity index (χ1v) is 5.91. The Morgan fingerprint density at radius 1 is 1.44 bits per heavy atom. The van der Waals surface area contributed by atoms with Crippen molar-refractivity contribution in [2.24, 2.45) is 11.6 Å². The number of rotatable bonds is 5. The van der Waals surface area contributed by atoms with E-state index in [0.29, 0.717) is 5.56 Å². The minimum absolute atomic E-state index is 0.0751. The highest BCUT2D eigenvalue weighted by molar-refractivity contribution is 5.94. The molecule has 98 valence electrons. The predicted molar refractivity (Wildman–Crippen MR) is 73.7 cm³/mol. The van der Waals surface area contributed by atoms with E-state index in [2.05, 4.69) is 5.32 Å².